The smallest absolute Gasteiger partial charge is 0.326 e. The third-order valence-corrected chi connectivity index (χ3v) is 1.96. The Bertz CT molecular complexity index is 360. The zero-order valence-electron chi connectivity index (χ0n) is 9.83. The van der Waals surface area contributed by atoms with Crippen LogP contribution in [0.5, 0.6) is 0 Å². The van der Waals surface area contributed by atoms with Crippen molar-refractivity contribution in [3.63, 3.8) is 0 Å². The van der Waals surface area contributed by atoms with Gasteiger partial charge in [-0.1, -0.05) is 0 Å². The molecule has 0 bridgehead atoms. The number of carboxylic acids is 3. The molecule has 0 aromatic heterocycles. The third kappa shape index (κ3) is 9.81. The van der Waals surface area contributed by atoms with Crippen molar-refractivity contribution in [1.82, 2.24) is 5.32 Å². The van der Waals surface area contributed by atoms with Crippen molar-refractivity contribution in [2.45, 2.75) is 31.3 Å². The van der Waals surface area contributed by atoms with Gasteiger partial charge >= 0.3 is 17.9 Å². The van der Waals surface area contributed by atoms with Gasteiger partial charge in [-0.15, -0.1) is 0 Å². The Balaban J connectivity index is 0. The van der Waals surface area contributed by atoms with Crippen molar-refractivity contribution in [3.8, 4) is 0 Å². The molecule has 9 nitrogen and oxygen atoms in total. The molecule has 0 rings (SSSR count). The van der Waals surface area contributed by atoms with Crippen LogP contribution in [0.3, 0.4) is 0 Å². The molecule has 0 aliphatic heterocycles. The standard InChI is InChI=1S/C9H13N2O7.Ac/c10-4(3-7(14)15)8(16)11-5(9(17)18)1-2-6(12)13;/h4-5,10H,1-3H2,(H,11,16)(H,12,13)(H,14,15)(H,17,18);/q-1;/t4?,5-;/m0./s1. The normalized spacial score (nSPS) is 12.7. The van der Waals surface area contributed by atoms with Crippen LogP contribution in [-0.2, 0) is 19.2 Å². The number of nitrogens with one attached hydrogen (secondary N) is 2. The van der Waals surface area contributed by atoms with Gasteiger partial charge in [0.1, 0.15) is 6.04 Å². The average molecular weight is 488 g/mol. The van der Waals surface area contributed by atoms with Crippen molar-refractivity contribution in [1.29, 1.82) is 0 Å². The van der Waals surface area contributed by atoms with Gasteiger partial charge in [-0.2, -0.15) is 0 Å². The first-order valence-electron chi connectivity index (χ1n) is 4.92. The van der Waals surface area contributed by atoms with E-state index in [-0.39, 0.29) is 50.5 Å². The van der Waals surface area contributed by atoms with Gasteiger partial charge in [0.2, 0.25) is 5.91 Å². The first-order valence-corrected chi connectivity index (χ1v) is 4.92. The van der Waals surface area contributed by atoms with Crippen LogP contribution in [0.4, 0.5) is 0 Å². The fraction of sp³-hybridized carbons (Fsp3) is 0.556. The minimum Gasteiger partial charge on any atom is -0.666 e. The maximum atomic E-state index is 11.3. The Kier molecular flexibility index (Phi) is 11.0. The van der Waals surface area contributed by atoms with E-state index in [1.807, 2.05) is 5.32 Å². The molecular weight excluding hydrogens is 475 g/mol. The first-order chi connectivity index (χ1) is 8.23. The number of carboxylic acid groups (broad SMARTS) is 3. The topological polar surface area (TPSA) is 165 Å². The van der Waals surface area contributed by atoms with E-state index in [1.165, 1.54) is 0 Å². The largest absolute Gasteiger partial charge is 0.666 e. The van der Waals surface area contributed by atoms with Gasteiger partial charge in [-0.25, -0.2) is 4.79 Å². The van der Waals surface area contributed by atoms with Gasteiger partial charge in [0, 0.05) is 56.9 Å². The summed E-state index contributed by atoms with van der Waals surface area (Å²) in [5.41, 5.74) is 7.16. The predicted molar refractivity (Wildman–Crippen MR) is 56.8 cm³/mol. The van der Waals surface area contributed by atoms with E-state index in [0.29, 0.717) is 0 Å². The zero-order chi connectivity index (χ0) is 14.3. The molecule has 1 amide bonds. The van der Waals surface area contributed by atoms with Crippen molar-refractivity contribution in [2.75, 3.05) is 0 Å². The average Bonchev–Trinajstić information content (AvgIpc) is 2.21. The molecule has 0 heterocycles. The Morgan fingerprint density at radius 1 is 1.05 bits per heavy atom. The van der Waals surface area contributed by atoms with Crippen LogP contribution in [-0.4, -0.2) is 51.2 Å². The maximum Gasteiger partial charge on any atom is 0.326 e. The summed E-state index contributed by atoms with van der Waals surface area (Å²) in [6.07, 6.45) is -1.55. The Hall–Kier alpha value is -0.718. The summed E-state index contributed by atoms with van der Waals surface area (Å²) in [6, 6.07) is -3.08. The minimum absolute atomic E-state index is 0. The zero-order valence-corrected chi connectivity index (χ0v) is 14.6. The van der Waals surface area contributed by atoms with Crippen molar-refractivity contribution in [2.24, 2.45) is 0 Å². The molecule has 0 spiro atoms. The van der Waals surface area contributed by atoms with Gasteiger partial charge in [-0.05, 0) is 12.5 Å². The van der Waals surface area contributed by atoms with Crippen LogP contribution in [0.25, 0.3) is 5.73 Å². The number of hydrogen-bond acceptors (Lipinski definition) is 4. The first kappa shape index (κ1) is 20.6. The molecule has 0 saturated carbocycles. The van der Waals surface area contributed by atoms with Crippen LogP contribution < -0.4 is 5.32 Å². The van der Waals surface area contributed by atoms with Crippen LogP contribution >= 0.6 is 0 Å². The second kappa shape index (κ2) is 10.1. The molecule has 1 radical (unpaired) electrons. The van der Waals surface area contributed by atoms with Crippen molar-refractivity contribution >= 4 is 23.8 Å². The molecule has 0 aromatic carbocycles. The summed E-state index contributed by atoms with van der Waals surface area (Å²) in [5.74, 6) is -5.08. The van der Waals surface area contributed by atoms with E-state index in [4.69, 9.17) is 21.1 Å². The summed E-state index contributed by atoms with van der Waals surface area (Å²) in [5, 5.41) is 27.4. The summed E-state index contributed by atoms with van der Waals surface area (Å²) < 4.78 is 0. The van der Waals surface area contributed by atoms with E-state index < -0.39 is 48.7 Å². The molecule has 0 saturated heterocycles. The molecule has 0 aliphatic carbocycles. The van der Waals surface area contributed by atoms with Gasteiger partial charge in [0.25, 0.3) is 0 Å². The van der Waals surface area contributed by atoms with Crippen LogP contribution in [0.15, 0.2) is 0 Å². The Morgan fingerprint density at radius 3 is 1.95 bits per heavy atom. The van der Waals surface area contributed by atoms with Crippen molar-refractivity contribution < 1.29 is 78.6 Å². The molecule has 19 heavy (non-hydrogen) atoms. The molecule has 1 unspecified atom stereocenters. The summed E-state index contributed by atoms with van der Waals surface area (Å²) >= 11 is 0. The maximum absolute atomic E-state index is 11.3. The second-order valence-electron chi connectivity index (χ2n) is 3.48. The van der Waals surface area contributed by atoms with Gasteiger partial charge < -0.3 is 26.4 Å². The Labute approximate surface area is 144 Å². The van der Waals surface area contributed by atoms with Gasteiger partial charge in [0.15, 0.2) is 0 Å². The third-order valence-electron chi connectivity index (χ3n) is 1.96. The molecular formula is C9H13AcN2O7-. The number of amides is 1. The summed E-state index contributed by atoms with van der Waals surface area (Å²) in [4.78, 5) is 42.5. The van der Waals surface area contributed by atoms with Crippen LogP contribution in [0.1, 0.15) is 19.3 Å². The van der Waals surface area contributed by atoms with E-state index in [2.05, 4.69) is 0 Å². The van der Waals surface area contributed by atoms with Crippen LogP contribution in [0.2, 0.25) is 0 Å². The number of hydrogen-bond donors (Lipinski definition) is 4. The second-order valence-corrected chi connectivity index (χ2v) is 3.48. The SMILES string of the molecule is [Ac].[NH-]C(CC(=O)O)C(=O)N[C@@H](CCC(=O)O)C(=O)O. The Morgan fingerprint density at radius 2 is 1.58 bits per heavy atom. The molecule has 0 aliphatic rings. The van der Waals surface area contributed by atoms with Crippen LogP contribution in [0, 0.1) is 44.1 Å². The molecule has 10 heteroatoms. The van der Waals surface area contributed by atoms with Gasteiger partial charge in [0.05, 0.1) is 0 Å². The molecule has 0 fully saturated rings. The number of carbonyl (C=O) groups is 4. The molecule has 5 N–H and O–H groups in total. The fourth-order valence-electron chi connectivity index (χ4n) is 1.06. The van der Waals surface area contributed by atoms with E-state index in [1.54, 1.807) is 0 Å². The fourth-order valence-corrected chi connectivity index (χ4v) is 1.06. The van der Waals surface area contributed by atoms with Gasteiger partial charge in [-0.3, -0.25) is 14.4 Å². The number of rotatable bonds is 8. The summed E-state index contributed by atoms with van der Waals surface area (Å²) in [6.45, 7) is 0. The number of aliphatic carboxylic acids is 3. The van der Waals surface area contributed by atoms with Crippen molar-refractivity contribution in [3.05, 3.63) is 5.73 Å². The molecule has 105 valence electrons. The predicted octanol–water partition coefficient (Wildman–Crippen LogP) is -0.684. The number of carbonyl (C=O) groups excluding carboxylic acids is 1. The quantitative estimate of drug-likeness (QED) is 0.351. The van der Waals surface area contributed by atoms with E-state index in [0.717, 1.165) is 0 Å². The van der Waals surface area contributed by atoms with E-state index >= 15 is 0 Å². The summed E-state index contributed by atoms with van der Waals surface area (Å²) in [7, 11) is 0. The molecule has 2 atom stereocenters. The van der Waals surface area contributed by atoms with E-state index in [9.17, 15) is 19.2 Å². The monoisotopic (exact) mass is 488 g/mol. The minimum atomic E-state index is -1.63. The molecule has 0 aromatic rings.